The molecule has 48 heavy (non-hydrogen) atoms. The number of piperazine rings is 1. The molecule has 0 spiro atoms. The van der Waals surface area contributed by atoms with Crippen molar-refractivity contribution in [1.82, 2.24) is 9.80 Å². The van der Waals surface area contributed by atoms with E-state index < -0.39 is 61.4 Å². The van der Waals surface area contributed by atoms with Crippen LogP contribution < -0.4 is 0 Å². The van der Waals surface area contributed by atoms with Crippen LogP contribution in [0.15, 0.2) is 46.2 Å². The first-order valence-corrected chi connectivity index (χ1v) is 16.8. The van der Waals surface area contributed by atoms with Gasteiger partial charge in [0.05, 0.1) is 6.61 Å². The molecule has 2 aromatic carbocycles. The average Bonchev–Trinajstić information content (AvgIpc) is 3.25. The topological polar surface area (TPSA) is 215 Å². The number of carbonyl (C=O) groups is 1. The molecule has 0 radical (unpaired) electrons. The Kier molecular flexibility index (Phi) is 13.7. The van der Waals surface area contributed by atoms with Crippen LogP contribution in [-0.2, 0) is 16.0 Å². The van der Waals surface area contributed by atoms with E-state index in [0.29, 0.717) is 25.6 Å². The normalized spacial score (nSPS) is 22.4. The van der Waals surface area contributed by atoms with Gasteiger partial charge in [0.2, 0.25) is 0 Å². The number of benzene rings is 2. The molecular weight excluding hydrogens is 651 g/mol. The summed E-state index contributed by atoms with van der Waals surface area (Å²) in [6.45, 7) is 6.25. The molecule has 2 aliphatic rings. The van der Waals surface area contributed by atoms with E-state index in [4.69, 9.17) is 9.84 Å². The van der Waals surface area contributed by atoms with E-state index in [1.165, 1.54) is 17.2 Å². The van der Waals surface area contributed by atoms with E-state index in [2.05, 4.69) is 41.8 Å². The van der Waals surface area contributed by atoms with E-state index in [9.17, 15) is 50.0 Å². The van der Waals surface area contributed by atoms with Crippen molar-refractivity contribution >= 4 is 17.7 Å². The molecule has 1 fully saturated rings. The summed E-state index contributed by atoms with van der Waals surface area (Å²) in [7, 11) is 0. The molecule has 2 aromatic rings. The lowest BCUT2D eigenvalue weighted by atomic mass is 9.93. The summed E-state index contributed by atoms with van der Waals surface area (Å²) in [5.41, 5.74) is 3.54. The molecule has 268 valence electrons. The highest BCUT2D eigenvalue weighted by Crippen LogP contribution is 2.44. The highest BCUT2D eigenvalue weighted by atomic mass is 32.2. The number of hydrogen-bond acceptors (Lipinski definition) is 14. The van der Waals surface area contributed by atoms with Gasteiger partial charge in [0.15, 0.2) is 6.10 Å². The van der Waals surface area contributed by atoms with E-state index in [0.717, 1.165) is 34.9 Å². The van der Waals surface area contributed by atoms with Crippen LogP contribution in [0.3, 0.4) is 0 Å². The lowest BCUT2D eigenvalue weighted by Gasteiger charge is -2.39. The lowest BCUT2D eigenvalue weighted by molar-refractivity contribution is -0.188. The number of aliphatic hydroxyl groups is 9. The van der Waals surface area contributed by atoms with Crippen LogP contribution in [0, 0.1) is 5.82 Å². The fourth-order valence-electron chi connectivity index (χ4n) is 5.96. The minimum Gasteiger partial charge on any atom is -0.462 e. The fourth-order valence-corrected chi connectivity index (χ4v) is 7.10. The molecule has 9 unspecified atom stereocenters. The fraction of sp³-hybridized carbons (Fsp3) is 0.606. The Labute approximate surface area is 282 Å². The van der Waals surface area contributed by atoms with E-state index in [1.807, 2.05) is 6.07 Å². The summed E-state index contributed by atoms with van der Waals surface area (Å²) in [5, 5.41) is 88.7. The number of hydrogen-bond donors (Lipinski definition) is 9. The Bertz CT molecular complexity index is 1360. The highest BCUT2D eigenvalue weighted by molar-refractivity contribution is 7.99. The van der Waals surface area contributed by atoms with Gasteiger partial charge in [0, 0.05) is 48.6 Å². The largest absolute Gasteiger partial charge is 0.462 e. The second-order valence-electron chi connectivity index (χ2n) is 12.7. The minimum absolute atomic E-state index is 0.0824. The third-order valence-corrected chi connectivity index (χ3v) is 10.3. The molecular formula is C33H47FN2O11S. The maximum absolute atomic E-state index is 14.1. The SMILES string of the molecule is CC(C)c1ccc2c(c1)C(N1CCN(CCOC(=O)C(O)C(O)C(O)C(O)C(O)C(O)C(O)C(O)CO)CC1)Cc1ccc(F)cc1S2. The maximum Gasteiger partial charge on any atom is 0.337 e. The number of fused-ring (bicyclic) bond motifs is 2. The zero-order valence-electron chi connectivity index (χ0n) is 26.9. The molecule has 0 bridgehead atoms. The zero-order valence-corrected chi connectivity index (χ0v) is 27.7. The number of aliphatic hydroxyl groups excluding tert-OH is 9. The van der Waals surface area contributed by atoms with Crippen molar-refractivity contribution in [1.29, 1.82) is 0 Å². The predicted octanol–water partition coefficient (Wildman–Crippen LogP) is -1.26. The van der Waals surface area contributed by atoms with Gasteiger partial charge in [-0.05, 0) is 47.2 Å². The molecule has 13 nitrogen and oxygen atoms in total. The van der Waals surface area contributed by atoms with Crippen LogP contribution in [0.5, 0.6) is 0 Å². The number of ether oxygens (including phenoxy) is 1. The predicted molar refractivity (Wildman–Crippen MR) is 172 cm³/mol. The average molecular weight is 699 g/mol. The van der Waals surface area contributed by atoms with Gasteiger partial charge in [0.25, 0.3) is 0 Å². The first-order chi connectivity index (χ1) is 22.7. The molecule has 1 saturated heterocycles. The molecule has 15 heteroatoms. The summed E-state index contributed by atoms with van der Waals surface area (Å²) in [4.78, 5) is 18.9. The maximum atomic E-state index is 14.1. The zero-order chi connectivity index (χ0) is 35.3. The summed E-state index contributed by atoms with van der Waals surface area (Å²) in [6, 6.07) is 11.5. The summed E-state index contributed by atoms with van der Waals surface area (Å²) in [6.07, 6.45) is -17.2. The van der Waals surface area contributed by atoms with Crippen molar-refractivity contribution in [2.75, 3.05) is 45.9 Å². The van der Waals surface area contributed by atoms with Crippen molar-refractivity contribution < 1.29 is 59.9 Å². The van der Waals surface area contributed by atoms with Crippen LogP contribution in [0.4, 0.5) is 4.39 Å². The van der Waals surface area contributed by atoms with Crippen LogP contribution in [-0.4, -0.2) is 156 Å². The van der Waals surface area contributed by atoms with Crippen molar-refractivity contribution in [3.8, 4) is 0 Å². The quantitative estimate of drug-likeness (QED) is 0.105. The molecule has 4 rings (SSSR count). The monoisotopic (exact) mass is 698 g/mol. The Morgan fingerprint density at radius 1 is 0.854 bits per heavy atom. The molecule has 0 aromatic heterocycles. The second kappa shape index (κ2) is 17.1. The Morgan fingerprint density at radius 3 is 2.10 bits per heavy atom. The van der Waals surface area contributed by atoms with Crippen molar-refractivity contribution in [2.24, 2.45) is 0 Å². The Morgan fingerprint density at radius 2 is 1.48 bits per heavy atom. The van der Waals surface area contributed by atoms with Gasteiger partial charge >= 0.3 is 5.97 Å². The number of halogens is 1. The van der Waals surface area contributed by atoms with Gasteiger partial charge in [-0.3, -0.25) is 9.80 Å². The third kappa shape index (κ3) is 9.10. The molecule has 9 N–H and O–H groups in total. The van der Waals surface area contributed by atoms with Gasteiger partial charge in [-0.1, -0.05) is 43.8 Å². The minimum atomic E-state index is -2.36. The van der Waals surface area contributed by atoms with Gasteiger partial charge in [-0.2, -0.15) is 0 Å². The van der Waals surface area contributed by atoms with Gasteiger partial charge < -0.3 is 50.7 Å². The second-order valence-corrected chi connectivity index (χ2v) is 13.8. The molecule has 2 aliphatic heterocycles. The molecule has 0 aliphatic carbocycles. The summed E-state index contributed by atoms with van der Waals surface area (Å²) >= 11 is 1.59. The van der Waals surface area contributed by atoms with E-state index in [-0.39, 0.29) is 18.5 Å². The number of esters is 1. The molecule has 9 atom stereocenters. The lowest BCUT2D eigenvalue weighted by Crippen LogP contribution is -2.57. The summed E-state index contributed by atoms with van der Waals surface area (Å²) in [5.74, 6) is -1.21. The molecule has 2 heterocycles. The van der Waals surface area contributed by atoms with Gasteiger partial charge in [-0.15, -0.1) is 0 Å². The Hall–Kier alpha value is -2.25. The van der Waals surface area contributed by atoms with Crippen molar-refractivity contribution in [3.05, 3.63) is 58.9 Å². The smallest absolute Gasteiger partial charge is 0.337 e. The molecule has 0 saturated carbocycles. The van der Waals surface area contributed by atoms with Crippen LogP contribution in [0.1, 0.15) is 42.5 Å². The van der Waals surface area contributed by atoms with Crippen molar-refractivity contribution in [3.63, 3.8) is 0 Å². The van der Waals surface area contributed by atoms with Crippen molar-refractivity contribution in [2.45, 2.75) is 90.9 Å². The first-order valence-electron chi connectivity index (χ1n) is 16.0. The number of rotatable bonds is 14. The standard InChI is InChI=1S/C33H47FN2O11S/c1-17(2)18-4-6-24-21(13-18)22(14-19-3-5-20(34)15-25(19)48-24)36-9-7-35(8-10-36)11-12-47-33(46)32(45)31(44)30(43)29(42)28(41)27(40)26(39)23(38)16-37/h3-6,13,15,17,22-23,26-32,37-45H,7-12,14,16H2,1-2H3. The molecule has 0 amide bonds. The number of carbonyl (C=O) groups excluding carboxylic acids is 1. The summed E-state index contributed by atoms with van der Waals surface area (Å²) < 4.78 is 19.2. The van der Waals surface area contributed by atoms with Crippen LogP contribution in [0.25, 0.3) is 0 Å². The van der Waals surface area contributed by atoms with Gasteiger partial charge in [-0.25, -0.2) is 9.18 Å². The van der Waals surface area contributed by atoms with Crippen LogP contribution in [0.2, 0.25) is 0 Å². The first kappa shape index (κ1) is 38.6. The third-order valence-electron chi connectivity index (χ3n) is 9.12. The van der Waals surface area contributed by atoms with Gasteiger partial charge in [0.1, 0.15) is 55.2 Å². The van der Waals surface area contributed by atoms with E-state index in [1.54, 1.807) is 17.8 Å². The highest BCUT2D eigenvalue weighted by Gasteiger charge is 2.42. The van der Waals surface area contributed by atoms with E-state index >= 15 is 0 Å². The Balaban J connectivity index is 1.30. The van der Waals surface area contributed by atoms with Crippen LogP contribution >= 0.6 is 11.8 Å². The number of nitrogens with zero attached hydrogens (tertiary/aromatic N) is 2.